The van der Waals surface area contributed by atoms with Crippen LogP contribution in [0.5, 0.6) is 0 Å². The predicted octanol–water partition coefficient (Wildman–Crippen LogP) is 1.63. The molecule has 0 saturated heterocycles. The van der Waals surface area contributed by atoms with Crippen LogP contribution in [0.4, 0.5) is 0 Å². The summed E-state index contributed by atoms with van der Waals surface area (Å²) in [6.45, 7) is 5.54. The molecule has 0 saturated carbocycles. The zero-order valence-corrected chi connectivity index (χ0v) is 10.6. The summed E-state index contributed by atoms with van der Waals surface area (Å²) in [6, 6.07) is -0.673. The molecule has 0 aromatic heterocycles. The Morgan fingerprint density at radius 3 is 2.50 bits per heavy atom. The smallest absolute Gasteiger partial charge is 0.212 e. The Labute approximate surface area is 98.2 Å². The second-order valence-corrected chi connectivity index (χ2v) is 5.64. The Hall–Kier alpha value is -0.680. The van der Waals surface area contributed by atoms with Crippen molar-refractivity contribution in [1.29, 1.82) is 0 Å². The van der Waals surface area contributed by atoms with E-state index in [1.54, 1.807) is 0 Å². The molecule has 0 amide bonds. The van der Waals surface area contributed by atoms with Crippen LogP contribution >= 0.6 is 0 Å². The van der Waals surface area contributed by atoms with Gasteiger partial charge in [0.1, 0.15) is 6.29 Å². The Morgan fingerprint density at radius 1 is 1.31 bits per heavy atom. The van der Waals surface area contributed by atoms with E-state index in [9.17, 15) is 13.2 Å². The van der Waals surface area contributed by atoms with Crippen LogP contribution in [0, 0.1) is 0 Å². The number of sulfonamides is 1. The quantitative estimate of drug-likeness (QED) is 0.362. The fourth-order valence-electron chi connectivity index (χ4n) is 1.32. The summed E-state index contributed by atoms with van der Waals surface area (Å²) in [7, 11) is -3.32. The third kappa shape index (κ3) is 7.59. The molecule has 16 heavy (non-hydrogen) atoms. The summed E-state index contributed by atoms with van der Waals surface area (Å²) in [6.07, 6.45) is 6.12. The Bertz CT molecular complexity index is 298. The van der Waals surface area contributed by atoms with Gasteiger partial charge in [0, 0.05) is 0 Å². The van der Waals surface area contributed by atoms with Crippen LogP contribution in [0.25, 0.3) is 0 Å². The van der Waals surface area contributed by atoms with Gasteiger partial charge in [-0.25, -0.2) is 13.1 Å². The summed E-state index contributed by atoms with van der Waals surface area (Å²) in [4.78, 5) is 10.6. The molecule has 94 valence electrons. The lowest BCUT2D eigenvalue weighted by Gasteiger charge is -2.10. The van der Waals surface area contributed by atoms with Gasteiger partial charge in [-0.1, -0.05) is 32.3 Å². The van der Waals surface area contributed by atoms with E-state index in [0.717, 1.165) is 19.3 Å². The van der Waals surface area contributed by atoms with E-state index in [1.165, 1.54) is 6.08 Å². The van der Waals surface area contributed by atoms with Crippen LogP contribution in [0.15, 0.2) is 12.7 Å². The number of unbranched alkanes of at least 4 members (excludes halogenated alkanes) is 3. The van der Waals surface area contributed by atoms with Gasteiger partial charge in [-0.3, -0.25) is 0 Å². The lowest BCUT2D eigenvalue weighted by Crippen LogP contribution is -2.37. The van der Waals surface area contributed by atoms with E-state index in [0.29, 0.717) is 19.1 Å². The van der Waals surface area contributed by atoms with Gasteiger partial charge in [0.05, 0.1) is 11.8 Å². The molecule has 4 nitrogen and oxygen atoms in total. The summed E-state index contributed by atoms with van der Waals surface area (Å²) >= 11 is 0. The van der Waals surface area contributed by atoms with Crippen molar-refractivity contribution in [2.24, 2.45) is 0 Å². The van der Waals surface area contributed by atoms with Crippen molar-refractivity contribution in [3.8, 4) is 0 Å². The van der Waals surface area contributed by atoms with Crippen molar-refractivity contribution in [2.75, 3.05) is 5.75 Å². The number of carbonyl (C=O) groups excluding carboxylic acids is 1. The van der Waals surface area contributed by atoms with Crippen molar-refractivity contribution in [1.82, 2.24) is 4.72 Å². The van der Waals surface area contributed by atoms with Crippen LogP contribution in [0.1, 0.15) is 39.0 Å². The topological polar surface area (TPSA) is 63.2 Å². The number of hydrogen-bond acceptors (Lipinski definition) is 3. The molecule has 0 radical (unpaired) electrons. The first-order chi connectivity index (χ1) is 7.55. The highest BCUT2D eigenvalue weighted by molar-refractivity contribution is 7.89. The molecule has 1 unspecified atom stereocenters. The molecule has 0 aromatic carbocycles. The summed E-state index contributed by atoms with van der Waals surface area (Å²) in [5.41, 5.74) is 0. The van der Waals surface area contributed by atoms with Crippen LogP contribution in [0.3, 0.4) is 0 Å². The predicted molar refractivity (Wildman–Crippen MR) is 65.7 cm³/mol. The minimum atomic E-state index is -3.32. The van der Waals surface area contributed by atoms with Gasteiger partial charge in [0.15, 0.2) is 0 Å². The van der Waals surface area contributed by atoms with Crippen molar-refractivity contribution in [3.05, 3.63) is 12.7 Å². The molecule has 0 aliphatic rings. The second kappa shape index (κ2) is 8.47. The van der Waals surface area contributed by atoms with Gasteiger partial charge >= 0.3 is 0 Å². The number of carbonyl (C=O) groups is 1. The van der Waals surface area contributed by atoms with Gasteiger partial charge in [0.2, 0.25) is 10.0 Å². The van der Waals surface area contributed by atoms with Gasteiger partial charge in [0.25, 0.3) is 0 Å². The van der Waals surface area contributed by atoms with Crippen LogP contribution in [-0.2, 0) is 14.8 Å². The number of hydrogen-bond donors (Lipinski definition) is 1. The summed E-state index contributed by atoms with van der Waals surface area (Å²) < 4.78 is 25.4. The van der Waals surface area contributed by atoms with E-state index in [-0.39, 0.29) is 5.75 Å². The van der Waals surface area contributed by atoms with E-state index >= 15 is 0 Å². The average Bonchev–Trinajstić information content (AvgIpc) is 2.23. The number of rotatable bonds is 10. The highest BCUT2D eigenvalue weighted by Gasteiger charge is 2.15. The van der Waals surface area contributed by atoms with Gasteiger partial charge < -0.3 is 4.79 Å². The standard InChI is InChI=1S/C11H21NO3S/c1-3-5-6-7-9-16(14,15)12-11(10-13)8-4-2/h4,10-12H,2-3,5-9H2,1H3. The lowest BCUT2D eigenvalue weighted by atomic mass is 10.2. The van der Waals surface area contributed by atoms with Gasteiger partial charge in [-0.2, -0.15) is 0 Å². The molecule has 5 heteroatoms. The number of nitrogens with one attached hydrogen (secondary N) is 1. The molecule has 0 aliphatic heterocycles. The van der Waals surface area contributed by atoms with Crippen LogP contribution in [-0.4, -0.2) is 26.5 Å². The molecule has 0 aliphatic carbocycles. The average molecular weight is 247 g/mol. The summed E-state index contributed by atoms with van der Waals surface area (Å²) in [5.74, 6) is 0.0917. The van der Waals surface area contributed by atoms with Crippen LogP contribution < -0.4 is 4.72 Å². The summed E-state index contributed by atoms with van der Waals surface area (Å²) in [5, 5.41) is 0. The molecule has 0 heterocycles. The highest BCUT2D eigenvalue weighted by Crippen LogP contribution is 2.02. The zero-order chi connectivity index (χ0) is 12.4. The first-order valence-electron chi connectivity index (χ1n) is 5.62. The fraction of sp³-hybridized carbons (Fsp3) is 0.727. The molecule has 0 rings (SSSR count). The largest absolute Gasteiger partial charge is 0.302 e. The van der Waals surface area contributed by atoms with Crippen molar-refractivity contribution < 1.29 is 13.2 Å². The molecule has 0 aromatic rings. The Kier molecular flexibility index (Phi) is 8.11. The van der Waals surface area contributed by atoms with Crippen molar-refractivity contribution in [2.45, 2.75) is 45.1 Å². The third-order valence-corrected chi connectivity index (χ3v) is 3.67. The van der Waals surface area contributed by atoms with Crippen molar-refractivity contribution >= 4 is 16.3 Å². The van der Waals surface area contributed by atoms with E-state index in [4.69, 9.17) is 0 Å². The maximum absolute atomic E-state index is 11.5. The van der Waals surface area contributed by atoms with Gasteiger partial charge in [-0.05, 0) is 12.8 Å². The molecule has 1 N–H and O–H groups in total. The molecular formula is C11H21NO3S. The van der Waals surface area contributed by atoms with Crippen LogP contribution in [0.2, 0.25) is 0 Å². The third-order valence-electron chi connectivity index (χ3n) is 2.18. The minimum Gasteiger partial charge on any atom is -0.302 e. The SMILES string of the molecule is C=CCC(C=O)NS(=O)(=O)CCCCCC. The Balaban J connectivity index is 4.02. The maximum Gasteiger partial charge on any atom is 0.212 e. The van der Waals surface area contributed by atoms with Crippen molar-refractivity contribution in [3.63, 3.8) is 0 Å². The monoisotopic (exact) mass is 247 g/mol. The Morgan fingerprint density at radius 2 is 2.00 bits per heavy atom. The molecular weight excluding hydrogens is 226 g/mol. The van der Waals surface area contributed by atoms with E-state index < -0.39 is 16.1 Å². The maximum atomic E-state index is 11.5. The fourth-order valence-corrected chi connectivity index (χ4v) is 2.63. The first-order valence-corrected chi connectivity index (χ1v) is 7.27. The normalized spacial score (nSPS) is 13.3. The molecule has 1 atom stereocenters. The first kappa shape index (κ1) is 15.3. The number of aldehydes is 1. The molecule has 0 fully saturated rings. The molecule has 0 bridgehead atoms. The van der Waals surface area contributed by atoms with E-state index in [2.05, 4.69) is 18.2 Å². The van der Waals surface area contributed by atoms with Gasteiger partial charge in [-0.15, -0.1) is 6.58 Å². The minimum absolute atomic E-state index is 0.0917. The zero-order valence-electron chi connectivity index (χ0n) is 9.81. The van der Waals surface area contributed by atoms with E-state index in [1.807, 2.05) is 0 Å². The molecule has 0 spiro atoms. The highest BCUT2D eigenvalue weighted by atomic mass is 32.2. The lowest BCUT2D eigenvalue weighted by molar-refractivity contribution is -0.109. The second-order valence-electron chi connectivity index (χ2n) is 3.76.